The molecule has 1 aliphatic heterocycles. The fraction of sp³-hybridized carbons (Fsp3) is 0.250. The number of anilines is 1. The van der Waals surface area contributed by atoms with E-state index < -0.39 is 6.10 Å². The minimum atomic E-state index is -0.584. The van der Waals surface area contributed by atoms with E-state index in [1.165, 1.54) is 0 Å². The first-order chi connectivity index (χ1) is 13.6. The van der Waals surface area contributed by atoms with Crippen LogP contribution in [0.15, 0.2) is 47.0 Å². The predicted octanol–water partition coefficient (Wildman–Crippen LogP) is 3.07. The smallest absolute Gasteiger partial charge is 0.268 e. The fourth-order valence-corrected chi connectivity index (χ4v) is 3.07. The Bertz CT molecular complexity index is 1020. The van der Waals surface area contributed by atoms with Gasteiger partial charge in [0, 0.05) is 6.07 Å². The largest absolute Gasteiger partial charge is 0.497 e. The van der Waals surface area contributed by atoms with Crippen LogP contribution in [0.4, 0.5) is 5.69 Å². The van der Waals surface area contributed by atoms with Crippen LogP contribution in [0.3, 0.4) is 0 Å². The highest BCUT2D eigenvalue weighted by molar-refractivity contribution is 5.99. The van der Waals surface area contributed by atoms with E-state index in [1.54, 1.807) is 44.2 Å². The van der Waals surface area contributed by atoms with E-state index in [1.807, 2.05) is 24.3 Å². The SMILES string of the molecule is COc1ccc(-c2noc(CN3C(=O)[C@H](C)Oc4ccccc43)n2)c(OC)c1. The Morgan fingerprint density at radius 2 is 1.96 bits per heavy atom. The number of carbonyl (C=O) groups is 1. The molecule has 1 amide bonds. The Morgan fingerprint density at radius 1 is 1.14 bits per heavy atom. The number of aromatic nitrogens is 2. The summed E-state index contributed by atoms with van der Waals surface area (Å²) in [7, 11) is 3.14. The Hall–Kier alpha value is -3.55. The van der Waals surface area contributed by atoms with Gasteiger partial charge in [0.15, 0.2) is 6.10 Å². The standard InChI is InChI=1S/C20H19N3O5/c1-12-20(24)23(15-6-4-5-7-16(15)27-12)11-18-21-19(22-28-18)14-9-8-13(25-2)10-17(14)26-3/h4-10,12H,11H2,1-3H3/t12-/m0/s1. The lowest BCUT2D eigenvalue weighted by molar-refractivity contribution is -0.125. The fourth-order valence-electron chi connectivity index (χ4n) is 3.07. The summed E-state index contributed by atoms with van der Waals surface area (Å²) < 4.78 is 21.7. The summed E-state index contributed by atoms with van der Waals surface area (Å²) in [4.78, 5) is 18.6. The molecule has 0 spiro atoms. The van der Waals surface area contributed by atoms with E-state index in [0.29, 0.717) is 40.2 Å². The van der Waals surface area contributed by atoms with Gasteiger partial charge >= 0.3 is 0 Å². The summed E-state index contributed by atoms with van der Waals surface area (Å²) >= 11 is 0. The maximum Gasteiger partial charge on any atom is 0.268 e. The van der Waals surface area contributed by atoms with Crippen LogP contribution in [-0.2, 0) is 11.3 Å². The number of methoxy groups -OCH3 is 2. The van der Waals surface area contributed by atoms with E-state index in [4.69, 9.17) is 18.7 Å². The summed E-state index contributed by atoms with van der Waals surface area (Å²) in [5.74, 6) is 2.38. The number of amides is 1. The molecular weight excluding hydrogens is 362 g/mol. The van der Waals surface area contributed by atoms with Crippen molar-refractivity contribution in [3.8, 4) is 28.6 Å². The third-order valence-electron chi connectivity index (χ3n) is 4.48. The van der Waals surface area contributed by atoms with Crippen molar-refractivity contribution >= 4 is 11.6 Å². The van der Waals surface area contributed by atoms with E-state index in [2.05, 4.69) is 10.1 Å². The monoisotopic (exact) mass is 381 g/mol. The highest BCUT2D eigenvalue weighted by atomic mass is 16.5. The van der Waals surface area contributed by atoms with Gasteiger partial charge in [-0.25, -0.2) is 0 Å². The minimum Gasteiger partial charge on any atom is -0.497 e. The molecule has 0 saturated heterocycles. The number of fused-ring (bicyclic) bond motifs is 1. The number of ether oxygens (including phenoxy) is 3. The highest BCUT2D eigenvalue weighted by Crippen LogP contribution is 2.35. The highest BCUT2D eigenvalue weighted by Gasteiger charge is 2.32. The van der Waals surface area contributed by atoms with Gasteiger partial charge in [0.2, 0.25) is 11.7 Å². The van der Waals surface area contributed by atoms with Crippen molar-refractivity contribution in [2.45, 2.75) is 19.6 Å². The van der Waals surface area contributed by atoms with Crippen LogP contribution < -0.4 is 19.1 Å². The van der Waals surface area contributed by atoms with Crippen molar-refractivity contribution in [3.05, 3.63) is 48.4 Å². The van der Waals surface area contributed by atoms with Crippen molar-refractivity contribution in [1.29, 1.82) is 0 Å². The van der Waals surface area contributed by atoms with Crippen LogP contribution >= 0.6 is 0 Å². The third kappa shape index (κ3) is 3.13. The first-order valence-corrected chi connectivity index (χ1v) is 8.72. The van der Waals surface area contributed by atoms with Gasteiger partial charge in [0.05, 0.1) is 25.5 Å². The van der Waals surface area contributed by atoms with Gasteiger partial charge in [-0.05, 0) is 31.2 Å². The molecule has 1 atom stereocenters. The average molecular weight is 381 g/mol. The molecule has 3 aromatic rings. The number of rotatable bonds is 5. The molecule has 0 saturated carbocycles. The summed E-state index contributed by atoms with van der Waals surface area (Å²) in [5.41, 5.74) is 1.34. The number of carbonyl (C=O) groups excluding carboxylic acids is 1. The van der Waals surface area contributed by atoms with Crippen LogP contribution in [0.1, 0.15) is 12.8 Å². The molecule has 0 N–H and O–H groups in total. The summed E-state index contributed by atoms with van der Waals surface area (Å²) in [6, 6.07) is 12.7. The van der Waals surface area contributed by atoms with Crippen LogP contribution in [0.5, 0.6) is 17.2 Å². The van der Waals surface area contributed by atoms with E-state index in [-0.39, 0.29) is 12.5 Å². The number of para-hydroxylation sites is 2. The molecule has 1 aromatic heterocycles. The Morgan fingerprint density at radius 3 is 2.75 bits per heavy atom. The van der Waals surface area contributed by atoms with Gasteiger partial charge < -0.3 is 18.7 Å². The zero-order valence-electron chi connectivity index (χ0n) is 15.7. The molecular formula is C20H19N3O5. The Labute approximate surface area is 161 Å². The number of hydrogen-bond donors (Lipinski definition) is 0. The third-order valence-corrected chi connectivity index (χ3v) is 4.48. The number of hydrogen-bond acceptors (Lipinski definition) is 7. The van der Waals surface area contributed by atoms with Crippen molar-refractivity contribution < 1.29 is 23.5 Å². The van der Waals surface area contributed by atoms with Crippen LogP contribution in [0.25, 0.3) is 11.4 Å². The zero-order chi connectivity index (χ0) is 19.7. The molecule has 0 radical (unpaired) electrons. The second-order valence-corrected chi connectivity index (χ2v) is 6.23. The molecule has 2 aromatic carbocycles. The second-order valence-electron chi connectivity index (χ2n) is 6.23. The number of nitrogens with zero attached hydrogens (tertiary/aromatic N) is 3. The normalized spacial score (nSPS) is 15.8. The maximum atomic E-state index is 12.6. The summed E-state index contributed by atoms with van der Waals surface area (Å²) in [5, 5.41) is 4.04. The Balaban J connectivity index is 1.63. The van der Waals surface area contributed by atoms with E-state index in [0.717, 1.165) is 0 Å². The van der Waals surface area contributed by atoms with Crippen LogP contribution in [0, 0.1) is 0 Å². The molecule has 144 valence electrons. The molecule has 0 fully saturated rings. The molecule has 0 bridgehead atoms. The molecule has 28 heavy (non-hydrogen) atoms. The van der Waals surface area contributed by atoms with Crippen LogP contribution in [0.2, 0.25) is 0 Å². The Kier molecular flexibility index (Phi) is 4.60. The van der Waals surface area contributed by atoms with E-state index in [9.17, 15) is 4.79 Å². The minimum absolute atomic E-state index is 0.148. The lowest BCUT2D eigenvalue weighted by Gasteiger charge is -2.31. The number of benzene rings is 2. The van der Waals surface area contributed by atoms with Gasteiger partial charge in [-0.1, -0.05) is 17.3 Å². The second kappa shape index (κ2) is 7.22. The van der Waals surface area contributed by atoms with Gasteiger partial charge in [-0.2, -0.15) is 4.98 Å². The summed E-state index contributed by atoms with van der Waals surface area (Å²) in [6.07, 6.45) is -0.584. The van der Waals surface area contributed by atoms with E-state index >= 15 is 0 Å². The molecule has 0 unspecified atom stereocenters. The lowest BCUT2D eigenvalue weighted by atomic mass is 10.2. The van der Waals surface area contributed by atoms with Crippen molar-refractivity contribution in [1.82, 2.24) is 10.1 Å². The van der Waals surface area contributed by atoms with Crippen LogP contribution in [-0.4, -0.2) is 36.4 Å². The zero-order valence-corrected chi connectivity index (χ0v) is 15.7. The van der Waals surface area contributed by atoms with Gasteiger partial charge in [-0.3, -0.25) is 9.69 Å². The van der Waals surface area contributed by atoms with Gasteiger partial charge in [-0.15, -0.1) is 0 Å². The first kappa shape index (κ1) is 17.8. The summed E-state index contributed by atoms with van der Waals surface area (Å²) in [6.45, 7) is 1.86. The van der Waals surface area contributed by atoms with Gasteiger partial charge in [0.1, 0.15) is 23.8 Å². The molecule has 2 heterocycles. The van der Waals surface area contributed by atoms with Crippen molar-refractivity contribution in [2.75, 3.05) is 19.1 Å². The predicted molar refractivity (Wildman–Crippen MR) is 101 cm³/mol. The topological polar surface area (TPSA) is 86.9 Å². The molecule has 8 nitrogen and oxygen atoms in total. The van der Waals surface area contributed by atoms with Crippen molar-refractivity contribution in [3.63, 3.8) is 0 Å². The first-order valence-electron chi connectivity index (χ1n) is 8.72. The molecule has 4 rings (SSSR count). The molecule has 1 aliphatic rings. The average Bonchev–Trinajstić information content (AvgIpc) is 3.19. The van der Waals surface area contributed by atoms with Gasteiger partial charge in [0.25, 0.3) is 5.91 Å². The molecule has 0 aliphatic carbocycles. The quantitative estimate of drug-likeness (QED) is 0.671. The molecule has 8 heteroatoms. The maximum absolute atomic E-state index is 12.6. The lowest BCUT2D eigenvalue weighted by Crippen LogP contribution is -2.44. The van der Waals surface area contributed by atoms with Crippen molar-refractivity contribution in [2.24, 2.45) is 0 Å².